The molecule has 0 N–H and O–H groups in total. The van der Waals surface area contributed by atoms with Crippen molar-refractivity contribution in [2.75, 3.05) is 13.7 Å². The molecule has 0 aromatic heterocycles. The maximum absolute atomic E-state index is 12.4. The molecule has 0 atom stereocenters. The fourth-order valence-electron chi connectivity index (χ4n) is 2.71. The van der Waals surface area contributed by atoms with E-state index in [4.69, 9.17) is 9.47 Å². The van der Waals surface area contributed by atoms with Gasteiger partial charge in [0.1, 0.15) is 12.4 Å². The van der Waals surface area contributed by atoms with Crippen LogP contribution in [0.4, 0.5) is 0 Å². The molecule has 30 heavy (non-hydrogen) atoms. The molecule has 0 aliphatic rings. The molecular formula is C24H20O6. The third-order valence-electron chi connectivity index (χ3n) is 4.26. The number of esters is 2. The van der Waals surface area contributed by atoms with Crippen molar-refractivity contribution in [3.05, 3.63) is 101 Å². The van der Waals surface area contributed by atoms with Gasteiger partial charge in [-0.1, -0.05) is 42.5 Å². The van der Waals surface area contributed by atoms with Crippen LogP contribution in [-0.2, 0) is 20.9 Å². The number of hydrogen-bond acceptors (Lipinski definition) is 6. The van der Waals surface area contributed by atoms with Crippen molar-refractivity contribution in [3.8, 4) is 5.75 Å². The predicted molar refractivity (Wildman–Crippen MR) is 109 cm³/mol. The lowest BCUT2D eigenvalue weighted by atomic mass is 10.0. The van der Waals surface area contributed by atoms with E-state index in [-0.39, 0.29) is 19.0 Å². The zero-order chi connectivity index (χ0) is 21.3. The van der Waals surface area contributed by atoms with Crippen molar-refractivity contribution in [3.63, 3.8) is 0 Å². The lowest BCUT2D eigenvalue weighted by Gasteiger charge is -2.08. The predicted octanol–water partition coefficient (Wildman–Crippen LogP) is 3.83. The Morgan fingerprint density at radius 1 is 0.767 bits per heavy atom. The Labute approximate surface area is 174 Å². The van der Waals surface area contributed by atoms with E-state index in [1.165, 1.54) is 7.11 Å². The van der Waals surface area contributed by atoms with Gasteiger partial charge in [-0.3, -0.25) is 4.79 Å². The largest absolute Gasteiger partial charge is 0.482 e. The molecule has 0 spiro atoms. The van der Waals surface area contributed by atoms with E-state index in [9.17, 15) is 14.4 Å². The monoisotopic (exact) mass is 404 g/mol. The zero-order valence-electron chi connectivity index (χ0n) is 16.4. The van der Waals surface area contributed by atoms with E-state index in [0.29, 0.717) is 28.0 Å². The van der Waals surface area contributed by atoms with Gasteiger partial charge in [0, 0.05) is 11.1 Å². The van der Waals surface area contributed by atoms with Crippen LogP contribution < -0.4 is 4.74 Å². The first-order valence-corrected chi connectivity index (χ1v) is 9.22. The van der Waals surface area contributed by atoms with E-state index < -0.39 is 11.9 Å². The van der Waals surface area contributed by atoms with E-state index in [2.05, 4.69) is 4.74 Å². The van der Waals surface area contributed by atoms with Crippen LogP contribution in [0, 0.1) is 0 Å². The molecule has 0 aliphatic carbocycles. The minimum absolute atomic E-state index is 0.0115. The van der Waals surface area contributed by atoms with E-state index in [1.807, 2.05) is 18.2 Å². The Morgan fingerprint density at radius 3 is 2.13 bits per heavy atom. The third kappa shape index (κ3) is 5.54. The minimum atomic E-state index is -0.553. The average molecular weight is 404 g/mol. The lowest BCUT2D eigenvalue weighted by molar-refractivity contribution is -0.147. The van der Waals surface area contributed by atoms with E-state index in [1.54, 1.807) is 60.7 Å². The average Bonchev–Trinajstić information content (AvgIpc) is 2.81. The quantitative estimate of drug-likeness (QED) is 0.419. The smallest absolute Gasteiger partial charge is 0.344 e. The number of carbonyl (C=O) groups is 3. The molecule has 0 aliphatic heterocycles. The fourth-order valence-corrected chi connectivity index (χ4v) is 2.71. The highest BCUT2D eigenvalue weighted by Crippen LogP contribution is 2.16. The Bertz CT molecular complexity index is 1030. The molecule has 0 saturated heterocycles. The number of methoxy groups -OCH3 is 1. The van der Waals surface area contributed by atoms with Crippen molar-refractivity contribution in [2.24, 2.45) is 0 Å². The molecule has 6 heteroatoms. The number of carbonyl (C=O) groups excluding carboxylic acids is 3. The van der Waals surface area contributed by atoms with Crippen molar-refractivity contribution >= 4 is 17.7 Å². The van der Waals surface area contributed by atoms with Gasteiger partial charge in [-0.25, -0.2) is 9.59 Å². The number of hydrogen-bond donors (Lipinski definition) is 0. The van der Waals surface area contributed by atoms with Crippen molar-refractivity contribution in [1.29, 1.82) is 0 Å². The molecule has 0 saturated carbocycles. The number of ketones is 1. The number of rotatable bonds is 8. The summed E-state index contributed by atoms with van der Waals surface area (Å²) in [6.07, 6.45) is 0. The summed E-state index contributed by atoms with van der Waals surface area (Å²) in [5.74, 6) is -0.649. The minimum Gasteiger partial charge on any atom is -0.482 e. The topological polar surface area (TPSA) is 78.9 Å². The summed E-state index contributed by atoms with van der Waals surface area (Å²) in [5.41, 5.74) is 2.18. The van der Waals surface area contributed by atoms with Gasteiger partial charge in [0.05, 0.1) is 12.7 Å². The Hall–Kier alpha value is -3.93. The molecule has 0 fully saturated rings. The molecule has 0 amide bonds. The molecule has 3 rings (SSSR count). The van der Waals surface area contributed by atoms with E-state index >= 15 is 0 Å². The first-order chi connectivity index (χ1) is 14.6. The highest BCUT2D eigenvalue weighted by atomic mass is 16.6. The summed E-state index contributed by atoms with van der Waals surface area (Å²) in [5, 5.41) is 0. The molecule has 6 nitrogen and oxygen atoms in total. The second-order valence-corrected chi connectivity index (χ2v) is 6.36. The van der Waals surface area contributed by atoms with Gasteiger partial charge in [0.2, 0.25) is 0 Å². The maximum atomic E-state index is 12.4. The van der Waals surface area contributed by atoms with Gasteiger partial charge < -0.3 is 14.2 Å². The molecule has 0 heterocycles. The number of ether oxygens (including phenoxy) is 3. The van der Waals surface area contributed by atoms with Crippen LogP contribution in [0.15, 0.2) is 78.9 Å². The molecule has 3 aromatic rings. The number of benzene rings is 3. The first kappa shape index (κ1) is 20.8. The van der Waals surface area contributed by atoms with Crippen LogP contribution in [0.5, 0.6) is 5.75 Å². The lowest BCUT2D eigenvalue weighted by Crippen LogP contribution is -2.15. The summed E-state index contributed by atoms with van der Waals surface area (Å²) in [6.45, 7) is -0.264. The molecule has 3 aromatic carbocycles. The summed E-state index contributed by atoms with van der Waals surface area (Å²) >= 11 is 0. The van der Waals surface area contributed by atoms with Crippen LogP contribution in [0.3, 0.4) is 0 Å². The van der Waals surface area contributed by atoms with Gasteiger partial charge in [-0.05, 0) is 42.0 Å². The van der Waals surface area contributed by atoms with Gasteiger partial charge >= 0.3 is 11.9 Å². The Balaban J connectivity index is 1.49. The van der Waals surface area contributed by atoms with Crippen LogP contribution in [0.2, 0.25) is 0 Å². The van der Waals surface area contributed by atoms with Gasteiger partial charge in [-0.2, -0.15) is 0 Å². The van der Waals surface area contributed by atoms with E-state index in [0.717, 1.165) is 0 Å². The van der Waals surface area contributed by atoms with Crippen LogP contribution in [0.1, 0.15) is 31.8 Å². The molecule has 0 radical (unpaired) electrons. The standard InChI is InChI=1S/C24H20O6/c1-28-24(27)20-9-5-6-17(14-20)15-30-22(25)16-29-21-12-10-19(11-13-21)23(26)18-7-3-2-4-8-18/h2-14H,15-16H2,1H3. The summed E-state index contributed by atoms with van der Waals surface area (Å²) in [7, 11) is 1.30. The van der Waals surface area contributed by atoms with Crippen molar-refractivity contribution in [1.82, 2.24) is 0 Å². The molecule has 0 unspecified atom stereocenters. The normalized spacial score (nSPS) is 10.2. The first-order valence-electron chi connectivity index (χ1n) is 9.22. The molecule has 152 valence electrons. The Morgan fingerprint density at radius 2 is 1.43 bits per heavy atom. The van der Waals surface area contributed by atoms with Gasteiger partial charge in [0.15, 0.2) is 12.4 Å². The van der Waals surface area contributed by atoms with Crippen LogP contribution >= 0.6 is 0 Å². The molecular weight excluding hydrogens is 384 g/mol. The van der Waals surface area contributed by atoms with Crippen LogP contribution in [-0.4, -0.2) is 31.4 Å². The van der Waals surface area contributed by atoms with Gasteiger partial charge in [0.25, 0.3) is 0 Å². The highest BCUT2D eigenvalue weighted by Gasteiger charge is 2.10. The van der Waals surface area contributed by atoms with Gasteiger partial charge in [-0.15, -0.1) is 0 Å². The highest BCUT2D eigenvalue weighted by molar-refractivity contribution is 6.09. The van der Waals surface area contributed by atoms with Crippen molar-refractivity contribution in [2.45, 2.75) is 6.61 Å². The second kappa shape index (κ2) is 10.0. The SMILES string of the molecule is COC(=O)c1cccc(COC(=O)COc2ccc(C(=O)c3ccccc3)cc2)c1. The Kier molecular flexibility index (Phi) is 6.95. The summed E-state index contributed by atoms with van der Waals surface area (Å²) < 4.78 is 15.2. The molecule has 0 bridgehead atoms. The third-order valence-corrected chi connectivity index (χ3v) is 4.26. The van der Waals surface area contributed by atoms with Crippen LogP contribution in [0.25, 0.3) is 0 Å². The summed E-state index contributed by atoms with van der Waals surface area (Å²) in [4.78, 5) is 35.9. The second-order valence-electron chi connectivity index (χ2n) is 6.36. The maximum Gasteiger partial charge on any atom is 0.344 e. The van der Waals surface area contributed by atoms with Crippen molar-refractivity contribution < 1.29 is 28.6 Å². The zero-order valence-corrected chi connectivity index (χ0v) is 16.4. The summed E-state index contributed by atoms with van der Waals surface area (Å²) in [6, 6.07) is 22.2. The fraction of sp³-hybridized carbons (Fsp3) is 0.125.